The Morgan fingerprint density at radius 3 is 2.66 bits per heavy atom. The lowest BCUT2D eigenvalue weighted by molar-refractivity contribution is 0.101. The van der Waals surface area contributed by atoms with Gasteiger partial charge in [0.15, 0.2) is 11.5 Å². The monoisotopic (exact) mass is 430 g/mol. The highest BCUT2D eigenvalue weighted by Gasteiger charge is 2.41. The fourth-order valence-corrected chi connectivity index (χ4v) is 4.20. The summed E-state index contributed by atoms with van der Waals surface area (Å²) in [7, 11) is -4.53. The lowest BCUT2D eigenvalue weighted by Crippen LogP contribution is -2.50. The van der Waals surface area contributed by atoms with Crippen LogP contribution < -0.4 is 11.1 Å². The molecule has 154 valence electrons. The second-order valence-electron chi connectivity index (χ2n) is 6.40. The van der Waals surface area contributed by atoms with E-state index in [-0.39, 0.29) is 15.6 Å². The fourth-order valence-electron chi connectivity index (χ4n) is 2.82. The molecule has 1 aromatic carbocycles. The molecule has 0 spiro atoms. The third-order valence-corrected chi connectivity index (χ3v) is 5.81. The zero-order valence-corrected chi connectivity index (χ0v) is 15.6. The van der Waals surface area contributed by atoms with E-state index in [0.29, 0.717) is 12.3 Å². The number of nitrogens with two attached hydrogens (primary N) is 1. The number of aliphatic imine (C=N–C) groups is 1. The van der Waals surface area contributed by atoms with Crippen molar-refractivity contribution in [3.05, 3.63) is 59.2 Å². The molecule has 1 amide bonds. The van der Waals surface area contributed by atoms with E-state index in [9.17, 15) is 26.4 Å². The number of aromatic nitrogens is 1. The van der Waals surface area contributed by atoms with Crippen molar-refractivity contribution < 1.29 is 30.5 Å². The summed E-state index contributed by atoms with van der Waals surface area (Å²) in [6.45, 7) is -1.91. The molecule has 0 aliphatic carbocycles. The number of carbonyl (C=O) groups is 1. The van der Waals surface area contributed by atoms with Crippen molar-refractivity contribution in [1.29, 1.82) is 0 Å². The number of hydrogen-bond donors (Lipinski definition) is 2. The molecule has 3 rings (SSSR count). The van der Waals surface area contributed by atoms with Crippen molar-refractivity contribution in [2.75, 3.05) is 18.0 Å². The summed E-state index contributed by atoms with van der Waals surface area (Å²) in [6, 6.07) is 3.52. The number of sulfonamides is 1. The molecule has 0 radical (unpaired) electrons. The molecule has 0 saturated carbocycles. The highest BCUT2D eigenvalue weighted by atomic mass is 32.2. The minimum Gasteiger partial charge on any atom is -0.369 e. The molecule has 0 fully saturated rings. The maximum Gasteiger partial charge on any atom is 0.277 e. The van der Waals surface area contributed by atoms with Crippen molar-refractivity contribution in [2.45, 2.75) is 12.5 Å². The Morgan fingerprint density at radius 2 is 2.03 bits per heavy atom. The molecular formula is C17H16F3N5O3S. The van der Waals surface area contributed by atoms with Gasteiger partial charge in [0, 0.05) is 28.4 Å². The molecule has 0 saturated heterocycles. The van der Waals surface area contributed by atoms with E-state index in [4.69, 9.17) is 9.85 Å². The average Bonchev–Trinajstić information content (AvgIpc) is 2.60. The minimum atomic E-state index is -4.53. The van der Waals surface area contributed by atoms with Crippen LogP contribution in [0.25, 0.3) is 0 Å². The normalized spacial score (nSPS) is 22.8. The first-order valence-electron chi connectivity index (χ1n) is 9.45. The number of amides is 1. The average molecular weight is 430 g/mol. The second kappa shape index (κ2) is 7.03. The van der Waals surface area contributed by atoms with Gasteiger partial charge >= 0.3 is 0 Å². The van der Waals surface area contributed by atoms with E-state index in [2.05, 4.69) is 15.3 Å². The molecule has 12 heteroatoms. The Labute approximate surface area is 168 Å². The number of benzene rings is 1. The second-order valence-corrected chi connectivity index (χ2v) is 8.21. The van der Waals surface area contributed by atoms with Crippen molar-refractivity contribution in [2.24, 2.45) is 10.7 Å². The van der Waals surface area contributed by atoms with Crippen LogP contribution in [-0.4, -0.2) is 42.3 Å². The molecule has 8 nitrogen and oxygen atoms in total. The Hall–Kier alpha value is -3.15. The fraction of sp³-hybridized carbons (Fsp3) is 0.235. The van der Waals surface area contributed by atoms with Crippen molar-refractivity contribution in [3.8, 4) is 0 Å². The molecular weight excluding hydrogens is 411 g/mol. The largest absolute Gasteiger partial charge is 0.369 e. The van der Waals surface area contributed by atoms with Crippen LogP contribution in [0.4, 0.5) is 18.9 Å². The molecule has 1 atom stereocenters. The molecule has 0 unspecified atom stereocenters. The van der Waals surface area contributed by atoms with Crippen LogP contribution in [0.3, 0.4) is 0 Å². The van der Waals surface area contributed by atoms with Crippen LogP contribution in [0.15, 0.2) is 35.5 Å². The summed E-state index contributed by atoms with van der Waals surface area (Å²) in [4.78, 5) is 19.5. The highest BCUT2D eigenvalue weighted by molar-refractivity contribution is 7.89. The van der Waals surface area contributed by atoms with Crippen LogP contribution in [0, 0.1) is 17.5 Å². The summed E-state index contributed by atoms with van der Waals surface area (Å²) in [5.41, 5.74) is 2.63. The van der Waals surface area contributed by atoms with Gasteiger partial charge in [0.2, 0.25) is 16.0 Å². The number of carbonyl (C=O) groups excluding carboxylic acids is 1. The molecule has 1 aromatic heterocycles. The molecule has 0 bridgehead atoms. The van der Waals surface area contributed by atoms with Gasteiger partial charge < -0.3 is 11.1 Å². The Bertz CT molecular complexity index is 1240. The number of pyridine rings is 1. The maximum absolute atomic E-state index is 14.6. The van der Waals surface area contributed by atoms with Gasteiger partial charge in [-0.3, -0.25) is 4.79 Å². The first kappa shape index (κ1) is 16.8. The predicted molar refractivity (Wildman–Crippen MR) is 99.0 cm³/mol. The molecule has 29 heavy (non-hydrogen) atoms. The molecule has 1 aliphatic rings. The van der Waals surface area contributed by atoms with Gasteiger partial charge in [-0.15, -0.1) is 0 Å². The highest BCUT2D eigenvalue weighted by Crippen LogP contribution is 2.34. The number of guanidine groups is 1. The van der Waals surface area contributed by atoms with Crippen molar-refractivity contribution >= 4 is 27.6 Å². The van der Waals surface area contributed by atoms with Gasteiger partial charge in [-0.1, -0.05) is 0 Å². The minimum absolute atomic E-state index is 0.0196. The van der Waals surface area contributed by atoms with E-state index >= 15 is 0 Å². The van der Waals surface area contributed by atoms with E-state index in [1.807, 2.05) is 0 Å². The van der Waals surface area contributed by atoms with E-state index in [0.717, 1.165) is 18.2 Å². The summed E-state index contributed by atoms with van der Waals surface area (Å²) < 4.78 is 88.6. The van der Waals surface area contributed by atoms with Gasteiger partial charge in [0.05, 0.1) is 11.9 Å². The van der Waals surface area contributed by atoms with Crippen molar-refractivity contribution in [3.63, 3.8) is 0 Å². The molecule has 3 N–H and O–H groups in total. The molecule has 2 heterocycles. The number of hydrogen-bond acceptors (Lipinski definition) is 6. The number of nitrogens with zero attached hydrogens (tertiary/aromatic N) is 3. The van der Waals surface area contributed by atoms with Crippen LogP contribution in [0.2, 0.25) is 0 Å². The van der Waals surface area contributed by atoms with Crippen LogP contribution >= 0.6 is 0 Å². The number of rotatable bonds is 3. The van der Waals surface area contributed by atoms with Gasteiger partial charge in [0.25, 0.3) is 5.91 Å². The zero-order chi connectivity index (χ0) is 24.1. The number of halogens is 3. The lowest BCUT2D eigenvalue weighted by atomic mass is 9.93. The molecule has 1 aliphatic heterocycles. The zero-order valence-electron chi connectivity index (χ0n) is 17.8. The Morgan fingerprint density at radius 1 is 1.31 bits per heavy atom. The quantitative estimate of drug-likeness (QED) is 0.766. The van der Waals surface area contributed by atoms with Crippen molar-refractivity contribution in [1.82, 2.24) is 9.29 Å². The van der Waals surface area contributed by atoms with Crippen LogP contribution in [-0.2, 0) is 15.6 Å². The standard InChI is InChI=1S/C17H16F3N5O3S/c1-17(8-29(27,28)25(2)16(21)24-17)11-6-10(3-4-12(11)19)23-15(26)14-13(20)5-9(18)7-22-14/h3-7H,8H2,1-2H3,(H2,21,24)(H,23,26)/t17-/m0/s1/i2D3. The van der Waals surface area contributed by atoms with Gasteiger partial charge in [0.1, 0.15) is 17.2 Å². The molecule has 2 aromatic rings. The van der Waals surface area contributed by atoms with E-state index < -0.39 is 63.3 Å². The van der Waals surface area contributed by atoms with Gasteiger partial charge in [-0.2, -0.15) is 0 Å². The third kappa shape index (κ3) is 3.88. The summed E-state index contributed by atoms with van der Waals surface area (Å²) in [5.74, 6) is -5.98. The smallest absolute Gasteiger partial charge is 0.277 e. The predicted octanol–water partition coefficient (Wildman–Crippen LogP) is 1.56. The van der Waals surface area contributed by atoms with Crippen LogP contribution in [0.5, 0.6) is 0 Å². The first-order valence-corrected chi connectivity index (χ1v) is 9.56. The Kier molecular flexibility index (Phi) is 4.06. The van der Waals surface area contributed by atoms with Crippen LogP contribution in [0.1, 0.15) is 27.1 Å². The Balaban J connectivity index is 2.00. The lowest BCUT2D eigenvalue weighted by Gasteiger charge is -2.34. The summed E-state index contributed by atoms with van der Waals surface area (Å²) >= 11 is 0. The maximum atomic E-state index is 14.6. The first-order chi connectivity index (χ1) is 14.6. The number of nitrogens with one attached hydrogen (secondary N) is 1. The third-order valence-electron chi connectivity index (χ3n) is 4.14. The van der Waals surface area contributed by atoms with E-state index in [1.165, 1.54) is 6.92 Å². The summed E-state index contributed by atoms with van der Waals surface area (Å²) in [6.07, 6.45) is 0.635. The topological polar surface area (TPSA) is 118 Å². The van der Waals surface area contributed by atoms with E-state index in [1.54, 1.807) is 0 Å². The van der Waals surface area contributed by atoms with Gasteiger partial charge in [-0.25, -0.2) is 35.9 Å². The van der Waals surface area contributed by atoms with Gasteiger partial charge in [-0.05, 0) is 25.1 Å². The SMILES string of the molecule is [2H]C([2H])([2H])N1C(N)=N[C@](C)(c2cc(NC(=O)c3ncc(F)cc3F)ccc2F)CS1(=O)=O. The number of anilines is 1. The summed E-state index contributed by atoms with van der Waals surface area (Å²) in [5, 5.41) is 2.25.